The summed E-state index contributed by atoms with van der Waals surface area (Å²) < 4.78 is 0. The van der Waals surface area contributed by atoms with E-state index < -0.39 is 0 Å². The summed E-state index contributed by atoms with van der Waals surface area (Å²) in [4.78, 5) is 0. The molecule has 0 spiro atoms. The summed E-state index contributed by atoms with van der Waals surface area (Å²) in [6.45, 7) is 11.2. The van der Waals surface area contributed by atoms with Gasteiger partial charge in [-0.25, -0.2) is 0 Å². The first-order valence-electron chi connectivity index (χ1n) is 11.6. The van der Waals surface area contributed by atoms with Crippen molar-refractivity contribution in [1.29, 1.82) is 0 Å². The van der Waals surface area contributed by atoms with E-state index in [-0.39, 0.29) is 0 Å². The maximum Gasteiger partial charge on any atom is -0.0250 e. The molecule has 0 radical (unpaired) electrons. The van der Waals surface area contributed by atoms with E-state index in [0.717, 1.165) is 5.92 Å². The summed E-state index contributed by atoms with van der Waals surface area (Å²) in [5.41, 5.74) is 8.67. The van der Waals surface area contributed by atoms with Gasteiger partial charge in [0.1, 0.15) is 0 Å². The van der Waals surface area contributed by atoms with Crippen LogP contribution < -0.4 is 0 Å². The minimum atomic E-state index is 0.799. The van der Waals surface area contributed by atoms with Gasteiger partial charge in [0.15, 0.2) is 0 Å². The second-order valence-electron chi connectivity index (χ2n) is 9.16. The molecule has 28 heavy (non-hydrogen) atoms. The van der Waals surface area contributed by atoms with Crippen molar-refractivity contribution in [1.82, 2.24) is 0 Å². The van der Waals surface area contributed by atoms with Crippen LogP contribution in [0.1, 0.15) is 91.7 Å². The average molecular weight is 379 g/mol. The lowest BCUT2D eigenvalue weighted by Crippen LogP contribution is -2.07. The Bertz CT molecular complexity index is 669. The van der Waals surface area contributed by atoms with Gasteiger partial charge in [0.25, 0.3) is 0 Å². The lowest BCUT2D eigenvalue weighted by atomic mass is 9.87. The van der Waals surface area contributed by atoms with Gasteiger partial charge in [0, 0.05) is 0 Å². The first-order chi connectivity index (χ1) is 13.5. The molecular weight excluding hydrogens is 336 g/mol. The third kappa shape index (κ3) is 8.63. The molecule has 0 aliphatic heterocycles. The van der Waals surface area contributed by atoms with E-state index in [2.05, 4.69) is 71.0 Å². The molecule has 1 atom stereocenters. The number of aryl methyl sites for hydroxylation is 5. The molecule has 0 saturated heterocycles. The van der Waals surface area contributed by atoms with Crippen LogP contribution >= 0.6 is 0 Å². The molecule has 0 nitrogen and oxygen atoms in total. The highest BCUT2D eigenvalue weighted by Crippen LogP contribution is 2.24. The summed E-state index contributed by atoms with van der Waals surface area (Å²) >= 11 is 0. The molecule has 2 aromatic rings. The van der Waals surface area contributed by atoms with Gasteiger partial charge in [-0.15, -0.1) is 0 Å². The third-order valence-corrected chi connectivity index (χ3v) is 5.89. The second-order valence-corrected chi connectivity index (χ2v) is 9.16. The summed E-state index contributed by atoms with van der Waals surface area (Å²) in [7, 11) is 0. The molecule has 0 bridgehead atoms. The van der Waals surface area contributed by atoms with Crippen molar-refractivity contribution in [3.8, 4) is 0 Å². The van der Waals surface area contributed by atoms with E-state index in [0.29, 0.717) is 0 Å². The van der Waals surface area contributed by atoms with Crippen molar-refractivity contribution in [2.24, 2.45) is 5.92 Å². The van der Waals surface area contributed by atoms with E-state index in [4.69, 9.17) is 0 Å². The van der Waals surface area contributed by atoms with Crippen molar-refractivity contribution in [3.05, 3.63) is 69.8 Å². The van der Waals surface area contributed by atoms with Crippen LogP contribution in [0.4, 0.5) is 0 Å². The van der Waals surface area contributed by atoms with Crippen LogP contribution in [0, 0.1) is 33.6 Å². The molecule has 0 fully saturated rings. The molecule has 0 aliphatic carbocycles. The zero-order valence-electron chi connectivity index (χ0n) is 19.1. The van der Waals surface area contributed by atoms with Gasteiger partial charge in [-0.1, -0.05) is 111 Å². The highest BCUT2D eigenvalue weighted by atomic mass is 14.2. The molecule has 0 N–H and O–H groups in total. The first-order valence-corrected chi connectivity index (χ1v) is 11.6. The van der Waals surface area contributed by atoms with E-state index in [1.165, 1.54) is 97.6 Å². The fourth-order valence-corrected chi connectivity index (χ4v) is 4.67. The van der Waals surface area contributed by atoms with E-state index in [1.807, 2.05) is 0 Å². The Labute approximate surface area is 174 Å². The van der Waals surface area contributed by atoms with Crippen molar-refractivity contribution >= 4 is 0 Å². The lowest BCUT2D eigenvalue weighted by molar-refractivity contribution is 0.421. The van der Waals surface area contributed by atoms with Crippen LogP contribution in [0.25, 0.3) is 0 Å². The van der Waals surface area contributed by atoms with Gasteiger partial charge in [0.2, 0.25) is 0 Å². The molecule has 0 heterocycles. The molecule has 0 heteroatoms. The second kappa shape index (κ2) is 12.1. The minimum Gasteiger partial charge on any atom is -0.0654 e. The van der Waals surface area contributed by atoms with Crippen LogP contribution in [-0.2, 0) is 12.8 Å². The molecule has 0 amide bonds. The van der Waals surface area contributed by atoms with Crippen LogP contribution in [0.15, 0.2) is 36.4 Å². The van der Waals surface area contributed by atoms with Crippen molar-refractivity contribution in [3.63, 3.8) is 0 Å². The third-order valence-electron chi connectivity index (χ3n) is 5.89. The van der Waals surface area contributed by atoms with Gasteiger partial charge in [-0.05, 0) is 64.0 Å². The highest BCUT2D eigenvalue weighted by molar-refractivity contribution is 5.30. The largest absolute Gasteiger partial charge is 0.0654 e. The smallest absolute Gasteiger partial charge is 0.0250 e. The molecule has 0 aromatic heterocycles. The fraction of sp³-hybridized carbons (Fsp3) is 0.571. The number of unbranched alkanes of at least 4 members (excludes halogenated alkanes) is 5. The highest BCUT2D eigenvalue weighted by Gasteiger charge is 2.11. The van der Waals surface area contributed by atoms with E-state index in [9.17, 15) is 0 Å². The predicted octanol–water partition coefficient (Wildman–Crippen LogP) is 8.46. The van der Waals surface area contributed by atoms with Gasteiger partial charge < -0.3 is 0 Å². The Morgan fingerprint density at radius 3 is 1.64 bits per heavy atom. The summed E-state index contributed by atoms with van der Waals surface area (Å²) in [5.74, 6) is 0.799. The summed E-state index contributed by atoms with van der Waals surface area (Å²) in [6.07, 6.45) is 13.5. The molecule has 0 aliphatic rings. The van der Waals surface area contributed by atoms with Crippen LogP contribution in [-0.4, -0.2) is 0 Å². The van der Waals surface area contributed by atoms with Crippen LogP contribution in [0.3, 0.4) is 0 Å². The van der Waals surface area contributed by atoms with Crippen molar-refractivity contribution in [2.75, 3.05) is 0 Å². The Morgan fingerprint density at radius 1 is 0.571 bits per heavy atom. The maximum absolute atomic E-state index is 2.40. The average Bonchev–Trinajstić information content (AvgIpc) is 2.60. The normalized spacial score (nSPS) is 12.3. The van der Waals surface area contributed by atoms with Crippen molar-refractivity contribution < 1.29 is 0 Å². The number of rotatable bonds is 12. The maximum atomic E-state index is 2.40. The van der Waals surface area contributed by atoms with Gasteiger partial charge >= 0.3 is 0 Å². The molecule has 2 aromatic carbocycles. The number of hydrogen-bond donors (Lipinski definition) is 0. The quantitative estimate of drug-likeness (QED) is 0.325. The standard InChI is InChI=1S/C28H42/c1-6-7-8-9-10-11-12-26(21-28-19-24(4)16-25(5)20-28)13-14-27-17-22(2)15-23(3)18-27/h15-20,26H,6-14,21H2,1-5H3. The van der Waals surface area contributed by atoms with E-state index in [1.54, 1.807) is 0 Å². The molecule has 2 rings (SSSR count). The molecular formula is C28H42. The van der Waals surface area contributed by atoms with E-state index >= 15 is 0 Å². The van der Waals surface area contributed by atoms with Crippen LogP contribution in [0.2, 0.25) is 0 Å². The summed E-state index contributed by atoms with van der Waals surface area (Å²) in [6, 6.07) is 14.1. The molecule has 1 unspecified atom stereocenters. The zero-order valence-corrected chi connectivity index (χ0v) is 19.1. The fourth-order valence-electron chi connectivity index (χ4n) is 4.67. The minimum absolute atomic E-state index is 0.799. The van der Waals surface area contributed by atoms with Crippen LogP contribution in [0.5, 0.6) is 0 Å². The first kappa shape index (κ1) is 22.7. The van der Waals surface area contributed by atoms with Crippen molar-refractivity contribution in [2.45, 2.75) is 98.8 Å². The Morgan fingerprint density at radius 2 is 1.07 bits per heavy atom. The zero-order chi connectivity index (χ0) is 20.4. The summed E-state index contributed by atoms with van der Waals surface area (Å²) in [5, 5.41) is 0. The Hall–Kier alpha value is -1.56. The van der Waals surface area contributed by atoms with Gasteiger partial charge in [-0.3, -0.25) is 0 Å². The number of benzene rings is 2. The SMILES string of the molecule is CCCCCCCCC(CCc1cc(C)cc(C)c1)Cc1cc(C)cc(C)c1. The molecule has 154 valence electrons. The van der Waals surface area contributed by atoms with Gasteiger partial charge in [-0.2, -0.15) is 0 Å². The Kier molecular flexibility index (Phi) is 9.82. The topological polar surface area (TPSA) is 0 Å². The molecule has 0 saturated carbocycles. The monoisotopic (exact) mass is 378 g/mol. The van der Waals surface area contributed by atoms with Gasteiger partial charge in [0.05, 0.1) is 0 Å². The number of hydrogen-bond acceptors (Lipinski definition) is 0. The lowest BCUT2D eigenvalue weighted by Gasteiger charge is -2.18. The Balaban J connectivity index is 1.96. The predicted molar refractivity (Wildman–Crippen MR) is 125 cm³/mol.